The molecule has 1 aliphatic heterocycles. The number of aryl methyl sites for hydroxylation is 1. The zero-order chi connectivity index (χ0) is 16.8. The highest BCUT2D eigenvalue weighted by Crippen LogP contribution is 2.21. The van der Waals surface area contributed by atoms with Gasteiger partial charge >= 0.3 is 0 Å². The summed E-state index contributed by atoms with van der Waals surface area (Å²) in [5, 5.41) is 6.68. The SMILES string of the molecule is CCc1noc(-c2ccc(OCC(=O)NCC3CCCO3)cc2)n1. The maximum Gasteiger partial charge on any atom is 0.258 e. The highest BCUT2D eigenvalue weighted by molar-refractivity contribution is 5.77. The van der Waals surface area contributed by atoms with Crippen molar-refractivity contribution in [3.63, 3.8) is 0 Å². The summed E-state index contributed by atoms with van der Waals surface area (Å²) in [6.45, 7) is 3.27. The first-order valence-electron chi connectivity index (χ1n) is 8.18. The van der Waals surface area contributed by atoms with Crippen molar-refractivity contribution in [3.05, 3.63) is 30.1 Å². The van der Waals surface area contributed by atoms with E-state index in [1.54, 1.807) is 12.1 Å². The van der Waals surface area contributed by atoms with E-state index in [1.807, 2.05) is 19.1 Å². The van der Waals surface area contributed by atoms with Crippen LogP contribution < -0.4 is 10.1 Å². The number of ether oxygens (including phenoxy) is 2. The molecular formula is C17H21N3O4. The maximum absolute atomic E-state index is 11.8. The molecule has 0 radical (unpaired) electrons. The Bertz CT molecular complexity index is 663. The molecule has 24 heavy (non-hydrogen) atoms. The molecule has 0 bridgehead atoms. The Balaban J connectivity index is 1.46. The van der Waals surface area contributed by atoms with Gasteiger partial charge in [0.2, 0.25) is 0 Å². The molecule has 0 spiro atoms. The number of aromatic nitrogens is 2. The number of benzene rings is 1. The van der Waals surface area contributed by atoms with Crippen molar-refractivity contribution in [2.24, 2.45) is 0 Å². The number of carbonyl (C=O) groups excluding carboxylic acids is 1. The number of amides is 1. The zero-order valence-electron chi connectivity index (χ0n) is 13.7. The highest BCUT2D eigenvalue weighted by atomic mass is 16.5. The second-order valence-corrected chi connectivity index (χ2v) is 5.62. The van der Waals surface area contributed by atoms with E-state index in [1.165, 1.54) is 0 Å². The summed E-state index contributed by atoms with van der Waals surface area (Å²) in [6.07, 6.45) is 2.92. The Morgan fingerprint density at radius 3 is 2.88 bits per heavy atom. The van der Waals surface area contributed by atoms with Gasteiger partial charge in [-0.1, -0.05) is 12.1 Å². The van der Waals surface area contributed by atoms with Crippen molar-refractivity contribution < 1.29 is 18.8 Å². The van der Waals surface area contributed by atoms with Gasteiger partial charge in [-0.2, -0.15) is 4.98 Å². The molecule has 1 amide bonds. The van der Waals surface area contributed by atoms with E-state index in [2.05, 4.69) is 15.5 Å². The molecule has 2 heterocycles. The van der Waals surface area contributed by atoms with Crippen molar-refractivity contribution in [1.29, 1.82) is 0 Å². The second-order valence-electron chi connectivity index (χ2n) is 5.62. The third-order valence-corrected chi connectivity index (χ3v) is 3.81. The van der Waals surface area contributed by atoms with Crippen LogP contribution in [0.15, 0.2) is 28.8 Å². The van der Waals surface area contributed by atoms with Crippen molar-refractivity contribution >= 4 is 5.91 Å². The van der Waals surface area contributed by atoms with Gasteiger partial charge in [0.15, 0.2) is 12.4 Å². The standard InChI is InChI=1S/C17H21N3O4/c1-2-15-19-17(24-20-15)12-5-7-13(8-6-12)23-11-16(21)18-10-14-4-3-9-22-14/h5-8,14H,2-4,9-11H2,1H3,(H,18,21). The Kier molecular flexibility index (Phi) is 5.43. The van der Waals surface area contributed by atoms with Crippen LogP contribution >= 0.6 is 0 Å². The molecule has 1 unspecified atom stereocenters. The smallest absolute Gasteiger partial charge is 0.258 e. The molecule has 1 aromatic heterocycles. The minimum atomic E-state index is -0.154. The molecule has 1 aromatic carbocycles. The van der Waals surface area contributed by atoms with E-state index < -0.39 is 0 Å². The Labute approximate surface area is 140 Å². The Morgan fingerprint density at radius 1 is 1.38 bits per heavy atom. The summed E-state index contributed by atoms with van der Waals surface area (Å²) >= 11 is 0. The van der Waals surface area contributed by atoms with Gasteiger partial charge < -0.3 is 19.3 Å². The summed E-state index contributed by atoms with van der Waals surface area (Å²) in [6, 6.07) is 7.20. The summed E-state index contributed by atoms with van der Waals surface area (Å²) in [4.78, 5) is 16.0. The fraction of sp³-hybridized carbons (Fsp3) is 0.471. The first-order valence-corrected chi connectivity index (χ1v) is 8.18. The van der Waals surface area contributed by atoms with Crippen LogP contribution in [0, 0.1) is 0 Å². The molecule has 1 N–H and O–H groups in total. The van der Waals surface area contributed by atoms with Gasteiger partial charge in [0.05, 0.1) is 6.10 Å². The van der Waals surface area contributed by atoms with Gasteiger partial charge in [0.1, 0.15) is 5.75 Å². The lowest BCUT2D eigenvalue weighted by Gasteiger charge is -2.11. The first kappa shape index (κ1) is 16.4. The van der Waals surface area contributed by atoms with Crippen LogP contribution in [0.2, 0.25) is 0 Å². The predicted molar refractivity (Wildman–Crippen MR) is 86.6 cm³/mol. The number of hydrogen-bond acceptors (Lipinski definition) is 6. The molecule has 1 fully saturated rings. The molecule has 1 saturated heterocycles. The van der Waals surface area contributed by atoms with E-state index in [0.29, 0.717) is 24.0 Å². The largest absolute Gasteiger partial charge is 0.484 e. The van der Waals surface area contributed by atoms with Crippen LogP contribution in [0.1, 0.15) is 25.6 Å². The lowest BCUT2D eigenvalue weighted by atomic mass is 10.2. The number of carbonyl (C=O) groups is 1. The molecule has 0 saturated carbocycles. The minimum absolute atomic E-state index is 0.0212. The lowest BCUT2D eigenvalue weighted by Crippen LogP contribution is -2.35. The number of nitrogens with one attached hydrogen (secondary N) is 1. The van der Waals surface area contributed by atoms with Crippen LogP contribution in [0.4, 0.5) is 0 Å². The van der Waals surface area contributed by atoms with Crippen LogP contribution in [-0.2, 0) is 16.0 Å². The van der Waals surface area contributed by atoms with Gasteiger partial charge in [-0.25, -0.2) is 0 Å². The number of rotatable bonds is 7. The van der Waals surface area contributed by atoms with Gasteiger partial charge in [-0.05, 0) is 37.1 Å². The van der Waals surface area contributed by atoms with Crippen molar-refractivity contribution in [2.45, 2.75) is 32.3 Å². The normalized spacial score (nSPS) is 17.0. The van der Waals surface area contributed by atoms with Crippen LogP contribution in [0.5, 0.6) is 5.75 Å². The minimum Gasteiger partial charge on any atom is -0.484 e. The topological polar surface area (TPSA) is 86.5 Å². The molecule has 7 nitrogen and oxygen atoms in total. The highest BCUT2D eigenvalue weighted by Gasteiger charge is 2.16. The van der Waals surface area contributed by atoms with Gasteiger partial charge in [-0.15, -0.1) is 0 Å². The molecule has 128 valence electrons. The average molecular weight is 331 g/mol. The van der Waals surface area contributed by atoms with Crippen molar-refractivity contribution in [3.8, 4) is 17.2 Å². The summed E-state index contributed by atoms with van der Waals surface area (Å²) in [7, 11) is 0. The Morgan fingerprint density at radius 2 is 2.21 bits per heavy atom. The second kappa shape index (κ2) is 7.92. The molecule has 1 aliphatic rings. The molecule has 2 aromatic rings. The number of hydrogen-bond donors (Lipinski definition) is 1. The summed E-state index contributed by atoms with van der Waals surface area (Å²) < 4.78 is 16.1. The lowest BCUT2D eigenvalue weighted by molar-refractivity contribution is -0.123. The van der Waals surface area contributed by atoms with Gasteiger partial charge in [0.25, 0.3) is 11.8 Å². The van der Waals surface area contributed by atoms with Gasteiger partial charge in [0, 0.05) is 25.1 Å². The molecule has 1 atom stereocenters. The van der Waals surface area contributed by atoms with Crippen LogP contribution in [0.25, 0.3) is 11.5 Å². The quantitative estimate of drug-likeness (QED) is 0.835. The molecule has 3 rings (SSSR count). The fourth-order valence-electron chi connectivity index (χ4n) is 2.44. The van der Waals surface area contributed by atoms with E-state index in [9.17, 15) is 4.79 Å². The predicted octanol–water partition coefficient (Wildman–Crippen LogP) is 1.97. The van der Waals surface area contributed by atoms with Gasteiger partial charge in [-0.3, -0.25) is 4.79 Å². The van der Waals surface area contributed by atoms with Crippen LogP contribution in [0.3, 0.4) is 0 Å². The molecular weight excluding hydrogens is 310 g/mol. The fourth-order valence-corrected chi connectivity index (χ4v) is 2.44. The third-order valence-electron chi connectivity index (χ3n) is 3.81. The molecule has 7 heteroatoms. The van der Waals surface area contributed by atoms with E-state index >= 15 is 0 Å². The zero-order valence-corrected chi connectivity index (χ0v) is 13.7. The average Bonchev–Trinajstić information content (AvgIpc) is 3.30. The number of nitrogens with zero attached hydrogens (tertiary/aromatic N) is 2. The molecule has 0 aliphatic carbocycles. The summed E-state index contributed by atoms with van der Waals surface area (Å²) in [5.74, 6) is 1.61. The van der Waals surface area contributed by atoms with E-state index in [0.717, 1.165) is 31.4 Å². The van der Waals surface area contributed by atoms with E-state index in [-0.39, 0.29) is 18.6 Å². The van der Waals surface area contributed by atoms with Crippen molar-refractivity contribution in [2.75, 3.05) is 19.8 Å². The third kappa shape index (κ3) is 4.32. The summed E-state index contributed by atoms with van der Waals surface area (Å²) in [5.41, 5.74) is 0.817. The first-order chi connectivity index (χ1) is 11.7. The monoisotopic (exact) mass is 331 g/mol. The van der Waals surface area contributed by atoms with E-state index in [4.69, 9.17) is 14.0 Å². The van der Waals surface area contributed by atoms with Crippen LogP contribution in [-0.4, -0.2) is 41.9 Å². The van der Waals surface area contributed by atoms with Crippen molar-refractivity contribution in [1.82, 2.24) is 15.5 Å². The Hall–Kier alpha value is -2.41. The maximum atomic E-state index is 11.8.